The third-order valence-corrected chi connectivity index (χ3v) is 5.80. The van der Waals surface area contributed by atoms with Crippen molar-refractivity contribution in [1.82, 2.24) is 19.2 Å². The number of hydrogen-bond acceptors (Lipinski definition) is 7. The van der Waals surface area contributed by atoms with Crippen molar-refractivity contribution < 1.29 is 9.53 Å². The van der Waals surface area contributed by atoms with E-state index < -0.39 is 0 Å². The van der Waals surface area contributed by atoms with Crippen molar-refractivity contribution in [2.75, 3.05) is 64.4 Å². The van der Waals surface area contributed by atoms with Crippen molar-refractivity contribution >= 4 is 23.4 Å². The molecule has 0 atom stereocenters. The molecule has 162 valence electrons. The summed E-state index contributed by atoms with van der Waals surface area (Å²) in [6.45, 7) is 6.76. The number of morpholine rings is 1. The van der Waals surface area contributed by atoms with Gasteiger partial charge in [-0.25, -0.2) is 4.98 Å². The van der Waals surface area contributed by atoms with Gasteiger partial charge in [-0.05, 0) is 31.7 Å². The number of rotatable bonds is 3. The fourth-order valence-corrected chi connectivity index (χ4v) is 3.91. The van der Waals surface area contributed by atoms with E-state index in [1.807, 2.05) is 19.1 Å². The largest absolute Gasteiger partial charge is 0.378 e. The lowest BCUT2D eigenvalue weighted by Gasteiger charge is -2.34. The third-order valence-electron chi connectivity index (χ3n) is 5.80. The topological polar surface area (TPSA) is 94.2 Å². The Morgan fingerprint density at radius 2 is 1.90 bits per heavy atom. The van der Waals surface area contributed by atoms with E-state index in [1.54, 1.807) is 17.2 Å². The Bertz CT molecular complexity index is 1120. The van der Waals surface area contributed by atoms with Crippen LogP contribution in [0.4, 0.5) is 5.82 Å². The maximum atomic E-state index is 13.4. The van der Waals surface area contributed by atoms with Crippen molar-refractivity contribution in [3.63, 3.8) is 0 Å². The summed E-state index contributed by atoms with van der Waals surface area (Å²) in [5, 5.41) is 9.73. The second-order valence-corrected chi connectivity index (χ2v) is 7.90. The summed E-state index contributed by atoms with van der Waals surface area (Å²) in [6.07, 6.45) is 3.08. The molecule has 0 aromatic carbocycles. The van der Waals surface area contributed by atoms with Gasteiger partial charge in [-0.2, -0.15) is 5.26 Å². The lowest BCUT2D eigenvalue weighted by molar-refractivity contribution is -0.130. The van der Waals surface area contributed by atoms with Crippen LogP contribution in [0.25, 0.3) is 11.7 Å². The van der Waals surface area contributed by atoms with Crippen LogP contribution in [0.3, 0.4) is 0 Å². The van der Waals surface area contributed by atoms with Crippen LogP contribution in [-0.2, 0) is 9.53 Å². The smallest absolute Gasteiger partial charge is 0.267 e. The molecule has 2 aliphatic rings. The second-order valence-electron chi connectivity index (χ2n) is 7.90. The molecule has 31 heavy (non-hydrogen) atoms. The van der Waals surface area contributed by atoms with Crippen LogP contribution in [0.15, 0.2) is 28.7 Å². The zero-order valence-electron chi connectivity index (χ0n) is 17.9. The number of hydrogen-bond donors (Lipinski definition) is 0. The minimum Gasteiger partial charge on any atom is -0.378 e. The number of likely N-dealkylation sites (N-methyl/N-ethyl adjacent to an activating group) is 1. The number of carbonyl (C=O) groups excluding carboxylic acids is 1. The molecular formula is C22H26N6O3. The van der Waals surface area contributed by atoms with E-state index in [1.165, 1.54) is 10.5 Å². The summed E-state index contributed by atoms with van der Waals surface area (Å²) >= 11 is 0. The Kier molecular flexibility index (Phi) is 6.02. The fourth-order valence-electron chi connectivity index (χ4n) is 3.91. The van der Waals surface area contributed by atoms with Crippen molar-refractivity contribution in [1.29, 1.82) is 5.26 Å². The molecule has 0 radical (unpaired) electrons. The molecule has 2 aromatic heterocycles. The zero-order chi connectivity index (χ0) is 22.0. The van der Waals surface area contributed by atoms with E-state index in [4.69, 9.17) is 9.72 Å². The second kappa shape index (κ2) is 8.88. The molecule has 4 heterocycles. The zero-order valence-corrected chi connectivity index (χ0v) is 17.9. The summed E-state index contributed by atoms with van der Waals surface area (Å²) in [7, 11) is 2.06. The molecule has 1 amide bonds. The maximum Gasteiger partial charge on any atom is 0.267 e. The van der Waals surface area contributed by atoms with E-state index in [0.717, 1.165) is 18.7 Å². The summed E-state index contributed by atoms with van der Waals surface area (Å²) in [5.74, 6) is 0.138. The number of aromatic nitrogens is 2. The first-order valence-electron chi connectivity index (χ1n) is 10.4. The highest BCUT2D eigenvalue weighted by Gasteiger charge is 2.25. The van der Waals surface area contributed by atoms with Gasteiger partial charge in [0.15, 0.2) is 0 Å². The number of amides is 1. The molecule has 2 aliphatic heterocycles. The number of fused-ring (bicyclic) bond motifs is 1. The molecule has 2 saturated heterocycles. The highest BCUT2D eigenvalue weighted by molar-refractivity contribution is 6.02. The molecular weight excluding hydrogens is 396 g/mol. The Morgan fingerprint density at radius 1 is 1.19 bits per heavy atom. The molecule has 0 N–H and O–H groups in total. The van der Waals surface area contributed by atoms with Gasteiger partial charge in [0, 0.05) is 45.5 Å². The SMILES string of the molecule is Cc1cccn2c(=O)c(/C=C(\C#N)C(=O)N3CCOCC3)c(N3CCN(C)CC3)nc12. The van der Waals surface area contributed by atoms with Gasteiger partial charge < -0.3 is 19.4 Å². The summed E-state index contributed by atoms with van der Waals surface area (Å²) in [4.78, 5) is 37.1. The fraction of sp³-hybridized carbons (Fsp3) is 0.455. The van der Waals surface area contributed by atoms with Gasteiger partial charge in [-0.1, -0.05) is 6.07 Å². The molecule has 0 unspecified atom stereocenters. The molecule has 0 aliphatic carbocycles. The van der Waals surface area contributed by atoms with E-state index in [2.05, 4.69) is 16.8 Å². The van der Waals surface area contributed by atoms with Gasteiger partial charge in [0.2, 0.25) is 0 Å². The standard InChI is InChI=1S/C22H26N6O3/c1-16-4-3-5-28-19(16)24-20(26-8-6-25(2)7-9-26)18(22(28)30)14-17(15-23)21(29)27-10-12-31-13-11-27/h3-5,14H,6-13H2,1-2H3/b17-14+. The van der Waals surface area contributed by atoms with Crippen LogP contribution in [0.5, 0.6) is 0 Å². The van der Waals surface area contributed by atoms with Gasteiger partial charge >= 0.3 is 0 Å². The Hall–Kier alpha value is -3.22. The monoisotopic (exact) mass is 422 g/mol. The summed E-state index contributed by atoms with van der Waals surface area (Å²) in [6, 6.07) is 5.70. The first-order chi connectivity index (χ1) is 15.0. The molecule has 2 aromatic rings. The minimum absolute atomic E-state index is 0.0659. The van der Waals surface area contributed by atoms with E-state index in [-0.39, 0.29) is 22.6 Å². The predicted molar refractivity (Wildman–Crippen MR) is 117 cm³/mol. The summed E-state index contributed by atoms with van der Waals surface area (Å²) in [5.41, 5.74) is 1.38. The third kappa shape index (κ3) is 4.17. The quantitative estimate of drug-likeness (QED) is 0.526. The first-order valence-corrected chi connectivity index (χ1v) is 10.4. The normalized spacial score (nSPS) is 18.3. The van der Waals surface area contributed by atoms with Gasteiger partial charge in [0.1, 0.15) is 23.1 Å². The molecule has 9 nitrogen and oxygen atoms in total. The number of nitriles is 1. The minimum atomic E-state index is -0.385. The van der Waals surface area contributed by atoms with Gasteiger partial charge in [-0.15, -0.1) is 0 Å². The van der Waals surface area contributed by atoms with Gasteiger partial charge in [0.05, 0.1) is 18.8 Å². The van der Waals surface area contributed by atoms with Crippen LogP contribution in [-0.4, -0.2) is 84.6 Å². The average molecular weight is 422 g/mol. The number of aryl methyl sites for hydroxylation is 1. The average Bonchev–Trinajstić information content (AvgIpc) is 2.80. The van der Waals surface area contributed by atoms with Crippen LogP contribution in [0.1, 0.15) is 11.1 Å². The van der Waals surface area contributed by atoms with Crippen molar-refractivity contribution in [3.05, 3.63) is 45.4 Å². The van der Waals surface area contributed by atoms with Crippen molar-refractivity contribution in [3.8, 4) is 6.07 Å². The number of ether oxygens (including phenoxy) is 1. The van der Waals surface area contributed by atoms with Crippen molar-refractivity contribution in [2.24, 2.45) is 0 Å². The van der Waals surface area contributed by atoms with Crippen LogP contribution in [0.2, 0.25) is 0 Å². The number of piperazine rings is 1. The number of carbonyl (C=O) groups is 1. The Labute approximate surface area is 180 Å². The molecule has 0 bridgehead atoms. The molecule has 0 spiro atoms. The van der Waals surface area contributed by atoms with Crippen molar-refractivity contribution in [2.45, 2.75) is 6.92 Å². The van der Waals surface area contributed by atoms with Crippen LogP contribution in [0, 0.1) is 18.3 Å². The molecule has 0 saturated carbocycles. The maximum absolute atomic E-state index is 13.4. The number of nitrogens with zero attached hydrogens (tertiary/aromatic N) is 6. The number of anilines is 1. The van der Waals surface area contributed by atoms with Gasteiger partial charge in [0.25, 0.3) is 11.5 Å². The van der Waals surface area contributed by atoms with E-state index in [9.17, 15) is 14.9 Å². The van der Waals surface area contributed by atoms with Crippen LogP contribution < -0.4 is 10.5 Å². The molecule has 9 heteroatoms. The van der Waals surface area contributed by atoms with E-state index in [0.29, 0.717) is 50.9 Å². The van der Waals surface area contributed by atoms with Crippen LogP contribution >= 0.6 is 0 Å². The van der Waals surface area contributed by atoms with E-state index >= 15 is 0 Å². The highest BCUT2D eigenvalue weighted by Crippen LogP contribution is 2.22. The highest BCUT2D eigenvalue weighted by atomic mass is 16.5. The lowest BCUT2D eigenvalue weighted by atomic mass is 10.1. The lowest BCUT2D eigenvalue weighted by Crippen LogP contribution is -2.45. The first kappa shape index (κ1) is 21.0. The van der Waals surface area contributed by atoms with Gasteiger partial charge in [-0.3, -0.25) is 14.0 Å². The Morgan fingerprint density at radius 3 is 2.58 bits per heavy atom. The predicted octanol–water partition coefficient (Wildman–Crippen LogP) is 0.521. The molecule has 4 rings (SSSR count). The number of pyridine rings is 1. The summed E-state index contributed by atoms with van der Waals surface area (Å²) < 4.78 is 6.78. The molecule has 2 fully saturated rings. The Balaban J connectivity index is 1.84.